The number of β-amino-alcohol motifs (C(OH)–C–C–N with tert-alkyl or cyclic N) is 1. The minimum absolute atomic E-state index is 0.207. The van der Waals surface area contributed by atoms with E-state index in [2.05, 4.69) is 24.1 Å². The molecular formula is C14H30N2O. The van der Waals surface area contributed by atoms with Crippen LogP contribution in [0, 0.1) is 0 Å². The van der Waals surface area contributed by atoms with E-state index in [9.17, 15) is 5.11 Å². The molecular weight excluding hydrogens is 212 g/mol. The molecule has 0 saturated carbocycles. The van der Waals surface area contributed by atoms with E-state index in [1.807, 2.05) is 0 Å². The maximum atomic E-state index is 9.93. The Morgan fingerprint density at radius 3 is 2.59 bits per heavy atom. The quantitative estimate of drug-likeness (QED) is 0.607. The molecule has 3 nitrogen and oxygen atoms in total. The molecule has 1 aliphatic heterocycles. The molecule has 2 unspecified atom stereocenters. The topological polar surface area (TPSA) is 35.5 Å². The zero-order valence-electron chi connectivity index (χ0n) is 11.6. The predicted octanol–water partition coefficient (Wildman–Crippen LogP) is 2.00. The molecule has 0 aromatic heterocycles. The number of aliphatic hydroxyl groups excluding tert-OH is 1. The van der Waals surface area contributed by atoms with Crippen molar-refractivity contribution in [2.45, 2.75) is 64.5 Å². The molecule has 0 spiro atoms. The second kappa shape index (κ2) is 8.90. The van der Waals surface area contributed by atoms with Crippen LogP contribution in [-0.2, 0) is 0 Å². The lowest BCUT2D eigenvalue weighted by molar-refractivity contribution is 0.120. The van der Waals surface area contributed by atoms with Crippen LogP contribution >= 0.6 is 0 Å². The summed E-state index contributed by atoms with van der Waals surface area (Å²) >= 11 is 0. The Bertz CT molecular complexity index is 181. The van der Waals surface area contributed by atoms with Gasteiger partial charge >= 0.3 is 0 Å². The van der Waals surface area contributed by atoms with Gasteiger partial charge in [0.1, 0.15) is 0 Å². The van der Waals surface area contributed by atoms with Gasteiger partial charge in [0, 0.05) is 19.1 Å². The number of aliphatic hydroxyl groups is 1. The van der Waals surface area contributed by atoms with Gasteiger partial charge < -0.3 is 15.3 Å². The summed E-state index contributed by atoms with van der Waals surface area (Å²) in [6.07, 6.45) is 7.52. The van der Waals surface area contributed by atoms with Crippen molar-refractivity contribution in [1.82, 2.24) is 10.2 Å². The van der Waals surface area contributed by atoms with Gasteiger partial charge in [0.15, 0.2) is 0 Å². The maximum absolute atomic E-state index is 9.93. The summed E-state index contributed by atoms with van der Waals surface area (Å²) in [5.41, 5.74) is 0. The van der Waals surface area contributed by atoms with Crippen LogP contribution in [0.4, 0.5) is 0 Å². The van der Waals surface area contributed by atoms with Gasteiger partial charge in [0.2, 0.25) is 0 Å². The lowest BCUT2D eigenvalue weighted by Crippen LogP contribution is -2.40. The van der Waals surface area contributed by atoms with Gasteiger partial charge in [0.05, 0.1) is 6.10 Å². The average molecular weight is 242 g/mol. The second-order valence-corrected chi connectivity index (χ2v) is 5.47. The third-order valence-corrected chi connectivity index (χ3v) is 3.61. The summed E-state index contributed by atoms with van der Waals surface area (Å²) in [7, 11) is 0. The maximum Gasteiger partial charge on any atom is 0.0791 e. The van der Waals surface area contributed by atoms with Crippen molar-refractivity contribution < 1.29 is 5.11 Å². The number of nitrogens with zero attached hydrogens (tertiary/aromatic N) is 1. The Hall–Kier alpha value is -0.120. The molecule has 17 heavy (non-hydrogen) atoms. The van der Waals surface area contributed by atoms with Crippen molar-refractivity contribution in [2.75, 3.05) is 26.2 Å². The summed E-state index contributed by atoms with van der Waals surface area (Å²) in [4.78, 5) is 2.37. The minimum Gasteiger partial charge on any atom is -0.390 e. The third-order valence-electron chi connectivity index (χ3n) is 3.61. The van der Waals surface area contributed by atoms with E-state index in [0.29, 0.717) is 6.04 Å². The van der Waals surface area contributed by atoms with E-state index >= 15 is 0 Å². The number of nitrogens with one attached hydrogen (secondary N) is 1. The molecule has 1 fully saturated rings. The smallest absolute Gasteiger partial charge is 0.0791 e. The molecule has 0 aliphatic carbocycles. The molecule has 1 heterocycles. The van der Waals surface area contributed by atoms with Crippen LogP contribution in [-0.4, -0.2) is 48.3 Å². The minimum atomic E-state index is -0.207. The van der Waals surface area contributed by atoms with Gasteiger partial charge in [-0.2, -0.15) is 0 Å². The first kappa shape index (κ1) is 14.9. The van der Waals surface area contributed by atoms with E-state index in [0.717, 1.165) is 13.1 Å². The van der Waals surface area contributed by atoms with Gasteiger partial charge in [-0.15, -0.1) is 0 Å². The molecule has 0 bridgehead atoms. The van der Waals surface area contributed by atoms with Gasteiger partial charge in [-0.05, 0) is 39.3 Å². The summed E-state index contributed by atoms with van der Waals surface area (Å²) < 4.78 is 0. The standard InChI is InChI=1S/C14H30N2O/c1-3-4-5-8-13(2)15-11-14(17)12-16-9-6-7-10-16/h13-15,17H,3-12H2,1-2H3. The lowest BCUT2D eigenvalue weighted by Gasteiger charge is -2.21. The van der Waals surface area contributed by atoms with Crippen LogP contribution in [0.3, 0.4) is 0 Å². The highest BCUT2D eigenvalue weighted by Crippen LogP contribution is 2.07. The number of likely N-dealkylation sites (tertiary alicyclic amines) is 1. The molecule has 3 heteroatoms. The van der Waals surface area contributed by atoms with Crippen molar-refractivity contribution in [3.05, 3.63) is 0 Å². The Balaban J connectivity index is 1.99. The van der Waals surface area contributed by atoms with E-state index in [-0.39, 0.29) is 6.10 Å². The molecule has 0 radical (unpaired) electrons. The Morgan fingerprint density at radius 1 is 1.24 bits per heavy atom. The number of hydrogen-bond donors (Lipinski definition) is 2. The van der Waals surface area contributed by atoms with E-state index in [1.54, 1.807) is 0 Å². The third kappa shape index (κ3) is 7.02. The highest BCUT2D eigenvalue weighted by atomic mass is 16.3. The lowest BCUT2D eigenvalue weighted by atomic mass is 10.1. The molecule has 0 amide bonds. The van der Waals surface area contributed by atoms with Gasteiger partial charge in [-0.1, -0.05) is 26.2 Å². The summed E-state index contributed by atoms with van der Waals surface area (Å²) in [5.74, 6) is 0. The predicted molar refractivity (Wildman–Crippen MR) is 73.3 cm³/mol. The van der Waals surface area contributed by atoms with Crippen LogP contribution in [0.15, 0.2) is 0 Å². The Morgan fingerprint density at radius 2 is 1.94 bits per heavy atom. The van der Waals surface area contributed by atoms with Gasteiger partial charge in [-0.3, -0.25) is 0 Å². The first-order chi connectivity index (χ1) is 8.22. The first-order valence-electron chi connectivity index (χ1n) is 7.36. The van der Waals surface area contributed by atoms with E-state index in [1.165, 1.54) is 51.6 Å². The number of rotatable bonds is 9. The molecule has 1 aliphatic rings. The molecule has 0 aromatic rings. The van der Waals surface area contributed by atoms with Crippen LogP contribution in [0.1, 0.15) is 52.4 Å². The zero-order valence-corrected chi connectivity index (χ0v) is 11.6. The van der Waals surface area contributed by atoms with Crippen LogP contribution in [0.2, 0.25) is 0 Å². The van der Waals surface area contributed by atoms with Gasteiger partial charge in [0.25, 0.3) is 0 Å². The highest BCUT2D eigenvalue weighted by molar-refractivity contribution is 4.73. The van der Waals surface area contributed by atoms with E-state index in [4.69, 9.17) is 0 Å². The van der Waals surface area contributed by atoms with Crippen molar-refractivity contribution in [1.29, 1.82) is 0 Å². The molecule has 1 saturated heterocycles. The molecule has 1 rings (SSSR count). The first-order valence-corrected chi connectivity index (χ1v) is 7.36. The van der Waals surface area contributed by atoms with Crippen molar-refractivity contribution in [2.24, 2.45) is 0 Å². The largest absolute Gasteiger partial charge is 0.390 e. The van der Waals surface area contributed by atoms with E-state index < -0.39 is 0 Å². The Labute approximate surface area is 107 Å². The highest BCUT2D eigenvalue weighted by Gasteiger charge is 2.15. The zero-order chi connectivity index (χ0) is 12.5. The van der Waals surface area contributed by atoms with Crippen molar-refractivity contribution >= 4 is 0 Å². The van der Waals surface area contributed by atoms with Crippen LogP contribution in [0.5, 0.6) is 0 Å². The fourth-order valence-electron chi connectivity index (χ4n) is 2.47. The number of unbranched alkanes of at least 4 members (excludes halogenated alkanes) is 2. The molecule has 0 aromatic carbocycles. The number of hydrogen-bond acceptors (Lipinski definition) is 3. The van der Waals surface area contributed by atoms with Crippen molar-refractivity contribution in [3.8, 4) is 0 Å². The fraction of sp³-hybridized carbons (Fsp3) is 1.00. The second-order valence-electron chi connectivity index (χ2n) is 5.47. The van der Waals surface area contributed by atoms with Gasteiger partial charge in [-0.25, -0.2) is 0 Å². The molecule has 2 atom stereocenters. The van der Waals surface area contributed by atoms with Crippen LogP contribution in [0.25, 0.3) is 0 Å². The summed E-state index contributed by atoms with van der Waals surface area (Å²) in [6.45, 7) is 8.38. The average Bonchev–Trinajstić information content (AvgIpc) is 2.79. The van der Waals surface area contributed by atoms with Crippen molar-refractivity contribution in [3.63, 3.8) is 0 Å². The molecule has 102 valence electrons. The summed E-state index contributed by atoms with van der Waals surface area (Å²) in [5, 5.41) is 13.4. The SMILES string of the molecule is CCCCCC(C)NCC(O)CN1CCCC1. The molecule has 2 N–H and O–H groups in total. The fourth-order valence-corrected chi connectivity index (χ4v) is 2.47. The Kier molecular flexibility index (Phi) is 7.82. The normalized spacial score (nSPS) is 20.6. The summed E-state index contributed by atoms with van der Waals surface area (Å²) in [6, 6.07) is 0.537. The monoisotopic (exact) mass is 242 g/mol. The van der Waals surface area contributed by atoms with Crippen LogP contribution < -0.4 is 5.32 Å².